The van der Waals surface area contributed by atoms with Crippen LogP contribution in [0.4, 0.5) is 52.0 Å². The topological polar surface area (TPSA) is 56.3 Å². The Balaban J connectivity index is 2.09. The molecule has 3 aromatic carbocycles. The quantitative estimate of drug-likeness (QED) is 0.147. The highest BCUT2D eigenvalue weighted by atomic mass is 32.5. The van der Waals surface area contributed by atoms with Gasteiger partial charge in [-0.1, -0.05) is 63.1 Å². The van der Waals surface area contributed by atoms with Crippen LogP contribution in [0.5, 0.6) is 0 Å². The molecule has 272 valence electrons. The third kappa shape index (κ3) is 6.94. The maximum absolute atomic E-state index is 14.2. The van der Waals surface area contributed by atoms with Crippen molar-refractivity contribution < 1.29 is 52.0 Å². The molecule has 4 nitrogen and oxygen atoms in total. The van der Waals surface area contributed by atoms with Crippen LogP contribution in [0.15, 0.2) is 80.9 Å². The Bertz CT molecular complexity index is 2480. The van der Waals surface area contributed by atoms with E-state index < -0.39 is 87.4 Å². The molecule has 0 spiro atoms. The standard InChI is InChI=1S/C32H15F13N4S3/c1-16-22(31(48-2)49-3)12-24-26(16)27(17-4-8-20(9-5-17)51(36,37,38,39)40)25-13-23(19(14-46)15-47)30(50-32(33,34)35)29(25)28(24)18-6-10-21(11-7-18)52(41,42,43,44)45/h4-11H,12-13H2,1H3. The third-order valence-corrected chi connectivity index (χ3v) is 11.4. The molecule has 5 rings (SSSR count). The summed E-state index contributed by atoms with van der Waals surface area (Å²) >= 11 is -0.836. The molecule has 0 unspecified atom stereocenters. The SMILES string of the molecule is [C-]#[N+]C([N+]#[C-])=C1Cc2c(-c3ccc(S(F)(F)(F)(F)F)cc3)c3c(c(-c4ccc(S(F)(F)(F)(F)F)cc4)c2=C1C)CC(=C(C#N)C#N)C=3SC(F)(F)F. The molecule has 3 aromatic rings. The van der Waals surface area contributed by atoms with Crippen LogP contribution < -0.4 is 10.4 Å². The van der Waals surface area contributed by atoms with Crippen LogP contribution >= 0.6 is 32.2 Å². The second kappa shape index (κ2) is 10.5. The first kappa shape index (κ1) is 38.2. The van der Waals surface area contributed by atoms with Gasteiger partial charge in [0.2, 0.25) is 0 Å². The second-order valence-corrected chi connectivity index (χ2v) is 17.3. The number of hydrogen-bond donors (Lipinski definition) is 0. The highest BCUT2D eigenvalue weighted by molar-refractivity contribution is 8.46. The highest BCUT2D eigenvalue weighted by Crippen LogP contribution is 3.02. The molecule has 0 N–H and O–H groups in total. The van der Waals surface area contributed by atoms with E-state index in [-0.39, 0.29) is 74.0 Å². The summed E-state index contributed by atoms with van der Waals surface area (Å²) < 4.78 is 179. The third-order valence-electron chi connectivity index (χ3n) is 8.14. The van der Waals surface area contributed by atoms with Crippen molar-refractivity contribution in [2.24, 2.45) is 0 Å². The van der Waals surface area contributed by atoms with E-state index in [9.17, 15) is 62.6 Å². The van der Waals surface area contributed by atoms with E-state index in [4.69, 9.17) is 13.1 Å². The molecule has 2 aliphatic rings. The number of nitrogens with zero attached hydrogens (tertiary/aromatic N) is 4. The number of hydrogen-bond acceptors (Lipinski definition) is 3. The Morgan fingerprint density at radius 2 is 1.06 bits per heavy atom. The maximum Gasteiger partial charge on any atom is 0.523 e. The number of benzene rings is 3. The van der Waals surface area contributed by atoms with Gasteiger partial charge in [-0.25, -0.2) is 0 Å². The van der Waals surface area contributed by atoms with Gasteiger partial charge in [-0.3, -0.25) is 0 Å². The van der Waals surface area contributed by atoms with Gasteiger partial charge >= 0.3 is 31.8 Å². The normalized spacial score (nSPS) is 17.0. The van der Waals surface area contributed by atoms with E-state index in [0.717, 1.165) is 0 Å². The highest BCUT2D eigenvalue weighted by Gasteiger charge is 2.66. The lowest BCUT2D eigenvalue weighted by molar-refractivity contribution is -0.0318. The molecule has 0 heterocycles. The summed E-state index contributed by atoms with van der Waals surface area (Å²) in [5.41, 5.74) is -8.16. The van der Waals surface area contributed by atoms with E-state index in [0.29, 0.717) is 24.3 Å². The molecule has 0 fully saturated rings. The summed E-state index contributed by atoms with van der Waals surface area (Å²) in [4.78, 5) is 0.785. The number of alkyl halides is 3. The summed E-state index contributed by atoms with van der Waals surface area (Å²) in [6.45, 7) is 16.3. The van der Waals surface area contributed by atoms with E-state index in [1.807, 2.05) is 0 Å². The van der Waals surface area contributed by atoms with Gasteiger partial charge in [0.05, 0.1) is 5.57 Å². The van der Waals surface area contributed by atoms with Gasteiger partial charge in [-0.15, -0.1) is 0 Å². The van der Waals surface area contributed by atoms with Gasteiger partial charge in [0.25, 0.3) is 0 Å². The fourth-order valence-electron chi connectivity index (χ4n) is 6.13. The van der Waals surface area contributed by atoms with Crippen molar-refractivity contribution in [3.8, 4) is 34.4 Å². The number of allylic oxidation sites excluding steroid dienone is 2. The summed E-state index contributed by atoms with van der Waals surface area (Å²) in [5, 5.41) is 18.8. The van der Waals surface area contributed by atoms with Crippen molar-refractivity contribution in [3.05, 3.63) is 115 Å². The van der Waals surface area contributed by atoms with Crippen LogP contribution in [-0.2, 0) is 12.8 Å². The van der Waals surface area contributed by atoms with Crippen molar-refractivity contribution in [1.29, 1.82) is 10.5 Å². The van der Waals surface area contributed by atoms with Gasteiger partial charge in [0, 0.05) is 16.5 Å². The molecular formula is C32H15F13N4S3. The summed E-state index contributed by atoms with van der Waals surface area (Å²) in [5.74, 6) is -0.566. The van der Waals surface area contributed by atoms with Crippen LogP contribution in [0.1, 0.15) is 18.1 Å². The van der Waals surface area contributed by atoms with Gasteiger partial charge in [0.1, 0.15) is 40.6 Å². The Kier molecular flexibility index (Phi) is 7.74. The van der Waals surface area contributed by atoms with Crippen LogP contribution in [-0.4, -0.2) is 5.51 Å². The molecule has 52 heavy (non-hydrogen) atoms. The van der Waals surface area contributed by atoms with Gasteiger partial charge in [0.15, 0.2) is 0 Å². The van der Waals surface area contributed by atoms with Crippen molar-refractivity contribution in [2.45, 2.75) is 35.1 Å². The van der Waals surface area contributed by atoms with Gasteiger partial charge < -0.3 is 0 Å². The Morgan fingerprint density at radius 3 is 1.42 bits per heavy atom. The molecule has 2 aliphatic carbocycles. The Hall–Kier alpha value is -5.02. The van der Waals surface area contributed by atoms with Crippen molar-refractivity contribution in [1.82, 2.24) is 0 Å². The van der Waals surface area contributed by atoms with Gasteiger partial charge in [-0.05, 0) is 99.1 Å². The fraction of sp³-hybridized carbons (Fsp3) is 0.125. The first-order valence-corrected chi connectivity index (χ1v) is 18.5. The molecule has 0 atom stereocenters. The molecule has 0 aromatic heterocycles. The van der Waals surface area contributed by atoms with E-state index in [2.05, 4.69) is 9.69 Å². The molecule has 0 amide bonds. The molecule has 0 saturated heterocycles. The van der Waals surface area contributed by atoms with Crippen molar-refractivity contribution >= 4 is 42.7 Å². The number of halogens is 13. The molecule has 0 aliphatic heterocycles. The summed E-state index contributed by atoms with van der Waals surface area (Å²) in [6, 6.07) is 5.25. The second-order valence-electron chi connectivity index (χ2n) is 11.4. The number of fused-ring (bicyclic) bond motifs is 2. The monoisotopic (exact) mass is 798 g/mol. The first-order chi connectivity index (χ1) is 23.4. The Labute approximate surface area is 289 Å². The number of thioether (sulfide) groups is 1. The predicted octanol–water partition coefficient (Wildman–Crippen LogP) is 12.4. The van der Waals surface area contributed by atoms with E-state index in [1.165, 1.54) is 19.1 Å². The van der Waals surface area contributed by atoms with E-state index in [1.54, 1.807) is 0 Å². The zero-order chi connectivity index (χ0) is 39.2. The van der Waals surface area contributed by atoms with Crippen LogP contribution in [0, 0.1) is 35.8 Å². The number of nitriles is 2. The van der Waals surface area contributed by atoms with Gasteiger partial charge in [-0.2, -0.15) is 33.4 Å². The maximum atomic E-state index is 14.2. The van der Waals surface area contributed by atoms with Crippen LogP contribution in [0.3, 0.4) is 0 Å². The average molecular weight is 799 g/mol. The molecular weight excluding hydrogens is 784 g/mol. The summed E-state index contributed by atoms with van der Waals surface area (Å²) in [7, 11) is -20.5. The lowest BCUT2D eigenvalue weighted by Crippen LogP contribution is -2.24. The van der Waals surface area contributed by atoms with E-state index >= 15 is 0 Å². The first-order valence-electron chi connectivity index (χ1n) is 13.8. The molecule has 0 radical (unpaired) electrons. The zero-order valence-electron chi connectivity index (χ0n) is 25.5. The van der Waals surface area contributed by atoms with Crippen molar-refractivity contribution in [2.75, 3.05) is 0 Å². The Morgan fingerprint density at radius 1 is 0.673 bits per heavy atom. The van der Waals surface area contributed by atoms with Crippen molar-refractivity contribution in [3.63, 3.8) is 0 Å². The predicted molar refractivity (Wildman–Crippen MR) is 171 cm³/mol. The largest absolute Gasteiger partial charge is 0.523 e. The lowest BCUT2D eigenvalue weighted by atomic mass is 9.87. The average Bonchev–Trinajstić information content (AvgIpc) is 3.52. The van der Waals surface area contributed by atoms with Crippen LogP contribution in [0.2, 0.25) is 0 Å². The minimum atomic E-state index is -10.3. The minimum Gasteiger partial charge on any atom is -0.192 e. The fourth-order valence-corrected chi connectivity index (χ4v) is 8.29. The molecule has 0 bridgehead atoms. The molecule has 20 heteroatoms. The number of rotatable bonds is 5. The molecule has 0 saturated carbocycles. The summed E-state index contributed by atoms with van der Waals surface area (Å²) in [6.07, 6.45) is -1.21. The zero-order valence-corrected chi connectivity index (χ0v) is 27.9. The van der Waals surface area contributed by atoms with Crippen LogP contribution in [0.25, 0.3) is 42.4 Å². The smallest absolute Gasteiger partial charge is 0.192 e. The minimum absolute atomic E-state index is 0.00736. The lowest BCUT2D eigenvalue weighted by Gasteiger charge is -2.40.